The summed E-state index contributed by atoms with van der Waals surface area (Å²) in [5.74, 6) is -0.0876. The lowest BCUT2D eigenvalue weighted by Crippen LogP contribution is -2.37. The van der Waals surface area contributed by atoms with E-state index < -0.39 is 17.8 Å². The van der Waals surface area contributed by atoms with Crippen LogP contribution in [-0.2, 0) is 6.54 Å². The third-order valence-corrected chi connectivity index (χ3v) is 6.46. The van der Waals surface area contributed by atoms with Gasteiger partial charge in [-0.2, -0.15) is 0 Å². The maximum absolute atomic E-state index is 14.0. The fourth-order valence-electron chi connectivity index (χ4n) is 4.28. The van der Waals surface area contributed by atoms with E-state index in [-0.39, 0.29) is 17.7 Å². The topological polar surface area (TPSA) is 68.3 Å². The van der Waals surface area contributed by atoms with Crippen molar-refractivity contribution in [3.8, 4) is 5.69 Å². The molecular weight excluding hydrogens is 493 g/mol. The summed E-state index contributed by atoms with van der Waals surface area (Å²) in [5, 5.41) is 0.837. The Hall–Kier alpha value is -4.23. The Morgan fingerprint density at radius 3 is 2.57 bits per heavy atom. The summed E-state index contributed by atoms with van der Waals surface area (Å²) in [5.41, 5.74) is 1.94. The van der Waals surface area contributed by atoms with Crippen LogP contribution in [-0.4, -0.2) is 20.4 Å². The number of rotatable bonds is 6. The highest BCUT2D eigenvalue weighted by Crippen LogP contribution is 2.27. The number of fused-ring (bicyclic) bond motifs is 1. The van der Waals surface area contributed by atoms with Gasteiger partial charge in [0.25, 0.3) is 11.5 Å². The van der Waals surface area contributed by atoms with Crippen molar-refractivity contribution < 1.29 is 13.6 Å². The van der Waals surface area contributed by atoms with Crippen LogP contribution >= 0.6 is 11.6 Å². The molecule has 0 bridgehead atoms. The minimum absolute atomic E-state index is 0.0842. The van der Waals surface area contributed by atoms with Gasteiger partial charge in [-0.25, -0.2) is 9.37 Å². The van der Waals surface area contributed by atoms with E-state index in [4.69, 9.17) is 21.0 Å². The van der Waals surface area contributed by atoms with E-state index in [9.17, 15) is 14.0 Å². The van der Waals surface area contributed by atoms with Crippen LogP contribution in [0.1, 0.15) is 40.5 Å². The second kappa shape index (κ2) is 10.0. The highest BCUT2D eigenvalue weighted by Gasteiger charge is 2.29. The Morgan fingerprint density at radius 1 is 1.08 bits per heavy atom. The molecule has 186 valence electrons. The lowest BCUT2D eigenvalue weighted by Gasteiger charge is -2.30. The van der Waals surface area contributed by atoms with Gasteiger partial charge in [0.15, 0.2) is 0 Å². The Bertz CT molecular complexity index is 1650. The van der Waals surface area contributed by atoms with Crippen LogP contribution in [0.25, 0.3) is 16.6 Å². The molecule has 0 radical (unpaired) electrons. The molecule has 0 saturated heterocycles. The van der Waals surface area contributed by atoms with Crippen molar-refractivity contribution in [3.63, 3.8) is 0 Å². The van der Waals surface area contributed by atoms with Gasteiger partial charge in [0.2, 0.25) is 0 Å². The Morgan fingerprint density at radius 2 is 1.86 bits per heavy atom. The number of carbonyl (C=O) groups is 1. The second-order valence-corrected chi connectivity index (χ2v) is 9.24. The maximum Gasteiger partial charge on any atom is 0.266 e. The first kappa shape index (κ1) is 24.5. The van der Waals surface area contributed by atoms with Crippen LogP contribution in [0.2, 0.25) is 5.02 Å². The van der Waals surface area contributed by atoms with Crippen LogP contribution in [0.15, 0.2) is 94.3 Å². The minimum atomic E-state index is -0.710. The first-order valence-electron chi connectivity index (χ1n) is 11.7. The minimum Gasteiger partial charge on any atom is -0.467 e. The summed E-state index contributed by atoms with van der Waals surface area (Å²) in [7, 11) is 0. The van der Waals surface area contributed by atoms with Gasteiger partial charge in [-0.3, -0.25) is 14.2 Å². The number of hydrogen-bond donors (Lipinski definition) is 0. The maximum atomic E-state index is 14.0. The standard InChI is InChI=1S/C29H23ClFN3O3/c1-18-8-11-23(12-9-18)34-27(32-26-16-21(30)10-13-25(26)29(34)36)19(2)33(17-24-7-4-14-37-24)28(35)20-5-3-6-22(31)15-20/h3-16,19H,17H2,1-2H3. The number of halogens is 2. The van der Waals surface area contributed by atoms with Gasteiger partial charge in [-0.05, 0) is 74.5 Å². The van der Waals surface area contributed by atoms with Crippen LogP contribution < -0.4 is 5.56 Å². The third-order valence-electron chi connectivity index (χ3n) is 6.23. The van der Waals surface area contributed by atoms with Crippen molar-refractivity contribution in [3.05, 3.63) is 129 Å². The number of aromatic nitrogens is 2. The SMILES string of the molecule is Cc1ccc(-n2c(C(C)N(Cc3ccco3)C(=O)c3cccc(F)c3)nc3cc(Cl)ccc3c2=O)cc1. The molecule has 5 rings (SSSR count). The van der Waals surface area contributed by atoms with Crippen molar-refractivity contribution in [1.82, 2.24) is 14.5 Å². The summed E-state index contributed by atoms with van der Waals surface area (Å²) >= 11 is 6.22. The fraction of sp³-hybridized carbons (Fsp3) is 0.138. The molecule has 0 spiro atoms. The van der Waals surface area contributed by atoms with E-state index in [1.54, 1.807) is 43.3 Å². The number of hydrogen-bond acceptors (Lipinski definition) is 4. The quantitative estimate of drug-likeness (QED) is 0.259. The van der Waals surface area contributed by atoms with Crippen molar-refractivity contribution in [1.29, 1.82) is 0 Å². The Balaban J connectivity index is 1.71. The van der Waals surface area contributed by atoms with Gasteiger partial charge in [0.05, 0.1) is 35.4 Å². The van der Waals surface area contributed by atoms with Crippen molar-refractivity contribution >= 4 is 28.4 Å². The first-order chi connectivity index (χ1) is 17.8. The van der Waals surface area contributed by atoms with E-state index in [0.717, 1.165) is 5.56 Å². The molecule has 37 heavy (non-hydrogen) atoms. The molecule has 0 aliphatic carbocycles. The van der Waals surface area contributed by atoms with Gasteiger partial charge in [-0.15, -0.1) is 0 Å². The monoisotopic (exact) mass is 515 g/mol. The van der Waals surface area contributed by atoms with E-state index in [1.807, 2.05) is 31.2 Å². The van der Waals surface area contributed by atoms with Crippen LogP contribution in [0.5, 0.6) is 0 Å². The number of furan rings is 1. The predicted octanol–water partition coefficient (Wildman–Crippen LogP) is 6.48. The van der Waals surface area contributed by atoms with Crippen molar-refractivity contribution in [2.45, 2.75) is 26.4 Å². The molecule has 1 unspecified atom stereocenters. The molecule has 2 heterocycles. The van der Waals surface area contributed by atoms with Crippen LogP contribution in [0, 0.1) is 12.7 Å². The third kappa shape index (κ3) is 4.90. The Kier molecular flexibility index (Phi) is 6.63. The molecule has 3 aromatic carbocycles. The molecule has 1 amide bonds. The van der Waals surface area contributed by atoms with Gasteiger partial charge in [0, 0.05) is 10.6 Å². The number of nitrogens with zero attached hydrogens (tertiary/aromatic N) is 3. The fourth-order valence-corrected chi connectivity index (χ4v) is 4.45. The largest absolute Gasteiger partial charge is 0.467 e. The summed E-state index contributed by atoms with van der Waals surface area (Å²) in [6, 6.07) is 20.7. The molecule has 0 aliphatic heterocycles. The molecule has 5 aromatic rings. The molecule has 8 heteroatoms. The second-order valence-electron chi connectivity index (χ2n) is 8.81. The average molecular weight is 516 g/mol. The number of amides is 1. The molecule has 0 N–H and O–H groups in total. The zero-order chi connectivity index (χ0) is 26.1. The smallest absolute Gasteiger partial charge is 0.266 e. The lowest BCUT2D eigenvalue weighted by atomic mass is 10.1. The van der Waals surface area contributed by atoms with Crippen molar-refractivity contribution in [2.75, 3.05) is 0 Å². The van der Waals surface area contributed by atoms with Gasteiger partial charge in [-0.1, -0.05) is 35.4 Å². The molecule has 0 saturated carbocycles. The van der Waals surface area contributed by atoms with Crippen LogP contribution in [0.4, 0.5) is 4.39 Å². The molecular formula is C29H23ClFN3O3. The number of benzene rings is 3. The van der Waals surface area contributed by atoms with Gasteiger partial charge in [0.1, 0.15) is 17.4 Å². The normalized spacial score (nSPS) is 12.0. The predicted molar refractivity (Wildman–Crippen MR) is 140 cm³/mol. The summed E-state index contributed by atoms with van der Waals surface area (Å²) in [6.45, 7) is 3.82. The van der Waals surface area contributed by atoms with Gasteiger partial charge < -0.3 is 9.32 Å². The first-order valence-corrected chi connectivity index (χ1v) is 12.1. The van der Waals surface area contributed by atoms with Gasteiger partial charge >= 0.3 is 0 Å². The van der Waals surface area contributed by atoms with E-state index in [2.05, 4.69) is 0 Å². The molecule has 0 aliphatic rings. The molecule has 2 aromatic heterocycles. The van der Waals surface area contributed by atoms with E-state index >= 15 is 0 Å². The number of aryl methyl sites for hydroxylation is 1. The molecule has 1 atom stereocenters. The lowest BCUT2D eigenvalue weighted by molar-refractivity contribution is 0.0648. The highest BCUT2D eigenvalue weighted by atomic mass is 35.5. The van der Waals surface area contributed by atoms with Crippen LogP contribution in [0.3, 0.4) is 0 Å². The summed E-state index contributed by atoms with van der Waals surface area (Å²) in [4.78, 5) is 33.8. The zero-order valence-electron chi connectivity index (χ0n) is 20.2. The number of carbonyl (C=O) groups excluding carboxylic acids is 1. The molecule has 6 nitrogen and oxygen atoms in total. The summed E-state index contributed by atoms with van der Waals surface area (Å²) in [6.07, 6.45) is 1.52. The zero-order valence-corrected chi connectivity index (χ0v) is 20.9. The summed E-state index contributed by atoms with van der Waals surface area (Å²) < 4.78 is 21.0. The van der Waals surface area contributed by atoms with E-state index in [0.29, 0.717) is 33.2 Å². The molecule has 0 fully saturated rings. The van der Waals surface area contributed by atoms with Crippen molar-refractivity contribution in [2.24, 2.45) is 0 Å². The average Bonchev–Trinajstić information content (AvgIpc) is 3.40. The van der Waals surface area contributed by atoms with E-state index in [1.165, 1.54) is 33.9 Å². The highest BCUT2D eigenvalue weighted by molar-refractivity contribution is 6.31. The Labute approximate surface area is 217 Å².